The van der Waals surface area contributed by atoms with Gasteiger partial charge in [0.25, 0.3) is 0 Å². The van der Waals surface area contributed by atoms with E-state index in [-0.39, 0.29) is 17.6 Å². The number of hydrogen-bond donors (Lipinski definition) is 3. The summed E-state index contributed by atoms with van der Waals surface area (Å²) in [6.07, 6.45) is 0.348. The highest BCUT2D eigenvalue weighted by Crippen LogP contribution is 2.18. The summed E-state index contributed by atoms with van der Waals surface area (Å²) in [5.74, 6) is -0.720. The third kappa shape index (κ3) is 2.24. The number of aromatic amines is 1. The minimum absolute atomic E-state index is 0.197. The summed E-state index contributed by atoms with van der Waals surface area (Å²) in [6.45, 7) is 1.63. The molecule has 1 aliphatic heterocycles. The van der Waals surface area contributed by atoms with Gasteiger partial charge < -0.3 is 15.6 Å². The minimum Gasteiger partial charge on any atom is -0.358 e. The normalized spacial score (nSPS) is 22.7. The molecule has 20 heavy (non-hydrogen) atoms. The number of fused-ring (bicyclic) bond motifs is 1. The summed E-state index contributed by atoms with van der Waals surface area (Å²) < 4.78 is 13.1. The van der Waals surface area contributed by atoms with E-state index in [1.165, 1.54) is 12.1 Å². The first-order valence-electron chi connectivity index (χ1n) is 6.41. The number of H-pyrrole nitrogens is 1. The molecule has 2 unspecified atom stereocenters. The van der Waals surface area contributed by atoms with Gasteiger partial charge in [0.1, 0.15) is 17.9 Å². The maximum absolute atomic E-state index is 13.1. The molecule has 2 aromatic rings. The molecular weight excluding hydrogens is 261 g/mol. The number of benzene rings is 1. The zero-order chi connectivity index (χ0) is 14.3. The molecule has 0 aliphatic carbocycles. The molecule has 1 saturated heterocycles. The molecule has 0 saturated carbocycles. The van der Waals surface area contributed by atoms with Gasteiger partial charge in [-0.05, 0) is 36.6 Å². The lowest BCUT2D eigenvalue weighted by Gasteiger charge is -2.27. The first-order valence-corrected chi connectivity index (χ1v) is 6.41. The highest BCUT2D eigenvalue weighted by atomic mass is 19.1. The van der Waals surface area contributed by atoms with Crippen LogP contribution in [-0.2, 0) is 16.0 Å². The molecule has 1 fully saturated rings. The maximum atomic E-state index is 13.1. The molecule has 104 valence electrons. The molecule has 0 radical (unpaired) electrons. The Labute approximate surface area is 114 Å². The van der Waals surface area contributed by atoms with Crippen LogP contribution in [0.4, 0.5) is 4.39 Å². The molecule has 1 aliphatic rings. The molecule has 0 spiro atoms. The van der Waals surface area contributed by atoms with E-state index < -0.39 is 12.1 Å². The predicted octanol–water partition coefficient (Wildman–Crippen LogP) is 0.853. The maximum Gasteiger partial charge on any atom is 0.243 e. The Morgan fingerprint density at radius 1 is 1.15 bits per heavy atom. The van der Waals surface area contributed by atoms with Crippen LogP contribution < -0.4 is 10.6 Å². The third-order valence-electron chi connectivity index (χ3n) is 3.45. The number of amides is 2. The van der Waals surface area contributed by atoms with E-state index in [1.807, 2.05) is 6.07 Å². The van der Waals surface area contributed by atoms with Crippen LogP contribution in [0.15, 0.2) is 24.3 Å². The lowest BCUT2D eigenvalue weighted by Crippen LogP contribution is -2.61. The molecule has 3 N–H and O–H groups in total. The lowest BCUT2D eigenvalue weighted by atomic mass is 10.1. The average Bonchev–Trinajstić information content (AvgIpc) is 2.77. The van der Waals surface area contributed by atoms with Crippen molar-refractivity contribution in [3.8, 4) is 0 Å². The summed E-state index contributed by atoms with van der Waals surface area (Å²) in [6, 6.07) is 5.21. The smallest absolute Gasteiger partial charge is 0.243 e. The summed E-state index contributed by atoms with van der Waals surface area (Å²) in [5, 5.41) is 6.16. The van der Waals surface area contributed by atoms with Crippen molar-refractivity contribution in [2.24, 2.45) is 0 Å². The Hall–Kier alpha value is -2.37. The van der Waals surface area contributed by atoms with Gasteiger partial charge in [0.05, 0.1) is 0 Å². The van der Waals surface area contributed by atoms with Gasteiger partial charge in [-0.1, -0.05) is 0 Å². The van der Waals surface area contributed by atoms with Crippen LogP contribution in [0.1, 0.15) is 12.6 Å². The molecule has 2 atom stereocenters. The van der Waals surface area contributed by atoms with Crippen LogP contribution in [-0.4, -0.2) is 28.9 Å². The van der Waals surface area contributed by atoms with Crippen molar-refractivity contribution in [1.82, 2.24) is 15.6 Å². The van der Waals surface area contributed by atoms with Crippen molar-refractivity contribution in [3.63, 3.8) is 0 Å². The first-order chi connectivity index (χ1) is 9.52. The van der Waals surface area contributed by atoms with Gasteiger partial charge >= 0.3 is 0 Å². The minimum atomic E-state index is -0.600. The Balaban J connectivity index is 1.82. The third-order valence-corrected chi connectivity index (χ3v) is 3.45. The highest BCUT2D eigenvalue weighted by molar-refractivity contribution is 5.96. The fourth-order valence-corrected chi connectivity index (χ4v) is 2.37. The van der Waals surface area contributed by atoms with E-state index >= 15 is 0 Å². The SMILES string of the molecule is CC1NC(=O)C(Cc2cc3ccc(F)cc3[nH]2)NC1=O. The van der Waals surface area contributed by atoms with Crippen molar-refractivity contribution < 1.29 is 14.0 Å². The van der Waals surface area contributed by atoms with Gasteiger partial charge in [-0.15, -0.1) is 0 Å². The van der Waals surface area contributed by atoms with Crippen molar-refractivity contribution in [3.05, 3.63) is 35.8 Å². The van der Waals surface area contributed by atoms with Gasteiger partial charge in [0.15, 0.2) is 0 Å². The van der Waals surface area contributed by atoms with E-state index in [0.29, 0.717) is 11.9 Å². The first kappa shape index (κ1) is 12.7. The summed E-state index contributed by atoms with van der Waals surface area (Å²) in [7, 11) is 0. The summed E-state index contributed by atoms with van der Waals surface area (Å²) in [4.78, 5) is 26.5. The number of carbonyl (C=O) groups excluding carboxylic acids is 2. The zero-order valence-corrected chi connectivity index (χ0v) is 10.9. The topological polar surface area (TPSA) is 74.0 Å². The van der Waals surface area contributed by atoms with Crippen LogP contribution in [0, 0.1) is 5.82 Å². The number of hydrogen-bond acceptors (Lipinski definition) is 2. The predicted molar refractivity (Wildman–Crippen MR) is 71.5 cm³/mol. The average molecular weight is 275 g/mol. The highest BCUT2D eigenvalue weighted by Gasteiger charge is 2.31. The van der Waals surface area contributed by atoms with Crippen molar-refractivity contribution in [2.45, 2.75) is 25.4 Å². The molecule has 5 nitrogen and oxygen atoms in total. The second-order valence-electron chi connectivity index (χ2n) is 5.02. The quantitative estimate of drug-likeness (QED) is 0.760. The number of carbonyl (C=O) groups is 2. The van der Waals surface area contributed by atoms with E-state index in [0.717, 1.165) is 11.1 Å². The van der Waals surface area contributed by atoms with Gasteiger partial charge in [-0.25, -0.2) is 4.39 Å². The Kier molecular flexibility index (Phi) is 2.93. The van der Waals surface area contributed by atoms with Gasteiger partial charge in [0, 0.05) is 17.6 Å². The number of rotatable bonds is 2. The van der Waals surface area contributed by atoms with Gasteiger partial charge in [0.2, 0.25) is 11.8 Å². The van der Waals surface area contributed by atoms with E-state index in [2.05, 4.69) is 15.6 Å². The summed E-state index contributed by atoms with van der Waals surface area (Å²) >= 11 is 0. The Morgan fingerprint density at radius 3 is 2.75 bits per heavy atom. The van der Waals surface area contributed by atoms with Crippen LogP contribution >= 0.6 is 0 Å². The van der Waals surface area contributed by atoms with E-state index in [9.17, 15) is 14.0 Å². The van der Waals surface area contributed by atoms with Crippen LogP contribution in [0.25, 0.3) is 10.9 Å². The van der Waals surface area contributed by atoms with Crippen molar-refractivity contribution >= 4 is 22.7 Å². The van der Waals surface area contributed by atoms with E-state index in [4.69, 9.17) is 0 Å². The summed E-state index contributed by atoms with van der Waals surface area (Å²) in [5.41, 5.74) is 1.46. The molecule has 2 amide bonds. The van der Waals surface area contributed by atoms with Crippen LogP contribution in [0.3, 0.4) is 0 Å². The molecule has 6 heteroatoms. The molecule has 1 aromatic heterocycles. The number of halogens is 1. The largest absolute Gasteiger partial charge is 0.358 e. The zero-order valence-electron chi connectivity index (χ0n) is 10.9. The van der Waals surface area contributed by atoms with Crippen LogP contribution in [0.2, 0.25) is 0 Å². The van der Waals surface area contributed by atoms with Gasteiger partial charge in [-0.2, -0.15) is 0 Å². The Bertz CT molecular complexity index is 695. The second-order valence-corrected chi connectivity index (χ2v) is 5.02. The number of piperazine rings is 1. The Morgan fingerprint density at radius 2 is 1.95 bits per heavy atom. The van der Waals surface area contributed by atoms with Gasteiger partial charge in [-0.3, -0.25) is 9.59 Å². The molecule has 1 aromatic carbocycles. The second kappa shape index (κ2) is 4.63. The number of aromatic nitrogens is 1. The molecule has 2 heterocycles. The van der Waals surface area contributed by atoms with Crippen LogP contribution in [0.5, 0.6) is 0 Å². The van der Waals surface area contributed by atoms with Crippen molar-refractivity contribution in [2.75, 3.05) is 0 Å². The van der Waals surface area contributed by atoms with Crippen molar-refractivity contribution in [1.29, 1.82) is 0 Å². The fourth-order valence-electron chi connectivity index (χ4n) is 2.37. The number of nitrogens with one attached hydrogen (secondary N) is 3. The fraction of sp³-hybridized carbons (Fsp3) is 0.286. The molecule has 0 bridgehead atoms. The lowest BCUT2D eigenvalue weighted by molar-refractivity contribution is -0.136. The molecule has 3 rings (SSSR count). The molecular formula is C14H14FN3O2. The monoisotopic (exact) mass is 275 g/mol. The standard InChI is InChI=1S/C14H14FN3O2/c1-7-13(19)18-12(14(20)16-7)6-10-4-8-2-3-9(15)5-11(8)17-10/h2-5,7,12,17H,6H2,1H3,(H,16,20)(H,18,19). The van der Waals surface area contributed by atoms with E-state index in [1.54, 1.807) is 13.0 Å².